The van der Waals surface area contributed by atoms with E-state index < -0.39 is 12.0 Å². The Morgan fingerprint density at radius 3 is 2.68 bits per heavy atom. The van der Waals surface area contributed by atoms with Gasteiger partial charge >= 0.3 is 0 Å². The van der Waals surface area contributed by atoms with Crippen molar-refractivity contribution in [2.75, 3.05) is 6.54 Å². The first-order chi connectivity index (χ1) is 13.6. The van der Waals surface area contributed by atoms with E-state index in [4.69, 9.17) is 16.1 Å². The summed E-state index contributed by atoms with van der Waals surface area (Å²) >= 11 is 5.97. The van der Waals surface area contributed by atoms with E-state index in [1.165, 1.54) is 0 Å². The van der Waals surface area contributed by atoms with Gasteiger partial charge in [-0.05, 0) is 34.5 Å². The van der Waals surface area contributed by atoms with Gasteiger partial charge in [-0.2, -0.15) is 0 Å². The predicted molar refractivity (Wildman–Crippen MR) is 108 cm³/mol. The van der Waals surface area contributed by atoms with Gasteiger partial charge in [0.05, 0.1) is 6.10 Å². The summed E-state index contributed by atoms with van der Waals surface area (Å²) in [6, 6.07) is 22.3. The Balaban J connectivity index is 1.42. The molecule has 3 aromatic carbocycles. The molecule has 0 aliphatic rings. The molecule has 6 heteroatoms. The minimum atomic E-state index is -0.826. The van der Waals surface area contributed by atoms with Crippen molar-refractivity contribution < 1.29 is 14.4 Å². The molecule has 0 bridgehead atoms. The van der Waals surface area contributed by atoms with Gasteiger partial charge in [-0.1, -0.05) is 65.3 Å². The van der Waals surface area contributed by atoms with Crippen molar-refractivity contribution in [1.29, 1.82) is 0 Å². The third-order valence-corrected chi connectivity index (χ3v) is 4.70. The number of benzene rings is 3. The summed E-state index contributed by atoms with van der Waals surface area (Å²) in [7, 11) is 0. The highest BCUT2D eigenvalue weighted by Crippen LogP contribution is 2.24. The average molecular weight is 393 g/mol. The van der Waals surface area contributed by atoms with Crippen molar-refractivity contribution in [2.24, 2.45) is 0 Å². The topological polar surface area (TPSA) is 75.4 Å². The summed E-state index contributed by atoms with van der Waals surface area (Å²) in [5, 5.41) is 19.6. The number of carbonyl (C=O) groups excluding carboxylic acids is 1. The molecule has 0 fully saturated rings. The van der Waals surface area contributed by atoms with Gasteiger partial charge in [0.1, 0.15) is 0 Å². The first-order valence-electron chi connectivity index (χ1n) is 8.78. The van der Waals surface area contributed by atoms with Gasteiger partial charge in [-0.25, -0.2) is 0 Å². The fourth-order valence-electron chi connectivity index (χ4n) is 2.97. The van der Waals surface area contributed by atoms with Crippen LogP contribution < -0.4 is 5.32 Å². The van der Waals surface area contributed by atoms with Gasteiger partial charge in [-0.15, -0.1) is 0 Å². The first kappa shape index (κ1) is 18.2. The van der Waals surface area contributed by atoms with Gasteiger partial charge in [0.25, 0.3) is 5.91 Å². The molecule has 0 spiro atoms. The molecule has 0 aliphatic heterocycles. The molecular formula is C22H17ClN2O3. The van der Waals surface area contributed by atoms with Crippen LogP contribution in [0.4, 0.5) is 0 Å². The number of hydrogen-bond donors (Lipinski definition) is 2. The number of rotatable bonds is 5. The smallest absolute Gasteiger partial charge is 0.273 e. The summed E-state index contributed by atoms with van der Waals surface area (Å²) in [5.41, 5.74) is 1.61. The fraction of sp³-hybridized carbons (Fsp3) is 0.0909. The summed E-state index contributed by atoms with van der Waals surface area (Å²) in [4.78, 5) is 12.3. The molecular weight excluding hydrogens is 376 g/mol. The number of aromatic nitrogens is 1. The van der Waals surface area contributed by atoms with Crippen molar-refractivity contribution >= 4 is 28.3 Å². The second-order valence-electron chi connectivity index (χ2n) is 6.42. The number of hydrogen-bond acceptors (Lipinski definition) is 4. The largest absolute Gasteiger partial charge is 0.387 e. The van der Waals surface area contributed by atoms with Gasteiger partial charge < -0.3 is 14.9 Å². The third-order valence-electron chi connectivity index (χ3n) is 4.47. The molecule has 28 heavy (non-hydrogen) atoms. The Kier molecular flexibility index (Phi) is 5.10. The van der Waals surface area contributed by atoms with E-state index >= 15 is 0 Å². The zero-order valence-corrected chi connectivity index (χ0v) is 15.6. The average Bonchev–Trinajstić information content (AvgIpc) is 3.22. The maximum absolute atomic E-state index is 12.3. The van der Waals surface area contributed by atoms with E-state index in [9.17, 15) is 9.90 Å². The third kappa shape index (κ3) is 3.91. The van der Waals surface area contributed by atoms with E-state index in [1.807, 2.05) is 48.5 Å². The lowest BCUT2D eigenvalue weighted by atomic mass is 10.0. The van der Waals surface area contributed by atoms with Crippen LogP contribution in [0.25, 0.3) is 22.1 Å². The number of carbonyl (C=O) groups is 1. The van der Waals surface area contributed by atoms with E-state index in [0.29, 0.717) is 10.8 Å². The highest BCUT2D eigenvalue weighted by molar-refractivity contribution is 6.30. The van der Waals surface area contributed by atoms with E-state index in [0.717, 1.165) is 21.9 Å². The van der Waals surface area contributed by atoms with Crippen molar-refractivity contribution in [3.63, 3.8) is 0 Å². The van der Waals surface area contributed by atoms with E-state index in [1.54, 1.807) is 24.3 Å². The Hall–Kier alpha value is -3.15. The SMILES string of the molecule is O=C(NC[C@H](O)c1ccc2ccccc2c1)c1cc(-c2cccc(Cl)c2)on1. The number of amides is 1. The molecule has 140 valence electrons. The van der Waals surface area contributed by atoms with Crippen LogP contribution in [-0.4, -0.2) is 22.7 Å². The second-order valence-corrected chi connectivity index (χ2v) is 6.86. The van der Waals surface area contributed by atoms with Gasteiger partial charge in [0.15, 0.2) is 11.5 Å². The fourth-order valence-corrected chi connectivity index (χ4v) is 3.16. The molecule has 2 N–H and O–H groups in total. The van der Waals surface area contributed by atoms with E-state index in [2.05, 4.69) is 10.5 Å². The lowest BCUT2D eigenvalue weighted by molar-refractivity contribution is 0.0907. The summed E-state index contributed by atoms with van der Waals surface area (Å²) in [6.07, 6.45) is -0.826. The monoisotopic (exact) mass is 392 g/mol. The zero-order valence-electron chi connectivity index (χ0n) is 14.8. The number of halogens is 1. The Bertz CT molecular complexity index is 1140. The molecule has 0 saturated heterocycles. The molecule has 1 atom stereocenters. The number of nitrogens with one attached hydrogen (secondary N) is 1. The zero-order chi connectivity index (χ0) is 19.5. The van der Waals surface area contributed by atoms with Crippen molar-refractivity contribution in [3.8, 4) is 11.3 Å². The highest BCUT2D eigenvalue weighted by Gasteiger charge is 2.16. The van der Waals surface area contributed by atoms with E-state index in [-0.39, 0.29) is 12.2 Å². The van der Waals surface area contributed by atoms with Crippen molar-refractivity contribution in [2.45, 2.75) is 6.10 Å². The molecule has 0 saturated carbocycles. The lowest BCUT2D eigenvalue weighted by Crippen LogP contribution is -2.28. The minimum absolute atomic E-state index is 0.0660. The van der Waals surface area contributed by atoms with Crippen LogP contribution in [0.3, 0.4) is 0 Å². The molecule has 5 nitrogen and oxygen atoms in total. The Morgan fingerprint density at radius 2 is 1.86 bits per heavy atom. The number of aliphatic hydroxyl groups is 1. The molecule has 0 radical (unpaired) electrons. The number of fused-ring (bicyclic) bond motifs is 1. The minimum Gasteiger partial charge on any atom is -0.387 e. The Morgan fingerprint density at radius 1 is 1.04 bits per heavy atom. The van der Waals surface area contributed by atoms with Crippen LogP contribution in [0.1, 0.15) is 22.2 Å². The molecule has 1 aromatic heterocycles. The molecule has 1 amide bonds. The molecule has 4 rings (SSSR count). The molecule has 0 aliphatic carbocycles. The quantitative estimate of drug-likeness (QED) is 0.520. The second kappa shape index (κ2) is 7.84. The van der Waals surface area contributed by atoms with Crippen molar-refractivity contribution in [1.82, 2.24) is 10.5 Å². The highest BCUT2D eigenvalue weighted by atomic mass is 35.5. The standard InChI is InChI=1S/C22H17ClN2O3/c23-18-7-3-6-17(11-18)21-12-19(25-28-21)22(27)24-13-20(26)16-9-8-14-4-1-2-5-15(14)10-16/h1-12,20,26H,13H2,(H,24,27)/t20-/m0/s1. The Labute approximate surface area is 166 Å². The van der Waals surface area contributed by atoms with Gasteiger partial charge in [0, 0.05) is 23.2 Å². The first-order valence-corrected chi connectivity index (χ1v) is 9.15. The van der Waals surface area contributed by atoms with Crippen LogP contribution in [0.15, 0.2) is 77.3 Å². The number of nitrogens with zero attached hydrogens (tertiary/aromatic N) is 1. The molecule has 0 unspecified atom stereocenters. The maximum atomic E-state index is 12.3. The summed E-state index contributed by atoms with van der Waals surface area (Å²) in [6.45, 7) is 0.0660. The molecule has 4 aromatic rings. The van der Waals surface area contributed by atoms with Crippen molar-refractivity contribution in [3.05, 3.63) is 89.1 Å². The maximum Gasteiger partial charge on any atom is 0.273 e. The van der Waals surface area contributed by atoms with Crippen LogP contribution in [0, 0.1) is 0 Å². The van der Waals surface area contributed by atoms with Gasteiger partial charge in [-0.3, -0.25) is 4.79 Å². The van der Waals surface area contributed by atoms with Crippen LogP contribution >= 0.6 is 11.6 Å². The van der Waals surface area contributed by atoms with Crippen LogP contribution in [-0.2, 0) is 0 Å². The lowest BCUT2D eigenvalue weighted by Gasteiger charge is -2.12. The number of aliphatic hydroxyl groups excluding tert-OH is 1. The summed E-state index contributed by atoms with van der Waals surface area (Å²) < 4.78 is 5.23. The van der Waals surface area contributed by atoms with Gasteiger partial charge in [0.2, 0.25) is 0 Å². The van der Waals surface area contributed by atoms with Crippen LogP contribution in [0.2, 0.25) is 5.02 Å². The predicted octanol–water partition coefficient (Wildman–Crippen LogP) is 4.61. The normalized spacial score (nSPS) is 12.1. The molecule has 1 heterocycles. The summed E-state index contributed by atoms with van der Waals surface area (Å²) in [5.74, 6) is 0.0274. The van der Waals surface area contributed by atoms with Crippen LogP contribution in [0.5, 0.6) is 0 Å².